The molecule has 3 heteroatoms. The van der Waals surface area contributed by atoms with Gasteiger partial charge >= 0.3 is 0 Å². The molecular weight excluding hydrogens is 236 g/mol. The largest absolute Gasteiger partial charge is 0.496 e. The van der Waals surface area contributed by atoms with Gasteiger partial charge < -0.3 is 9.64 Å². The van der Waals surface area contributed by atoms with Crippen LogP contribution in [0.2, 0.25) is 0 Å². The molecule has 0 bridgehead atoms. The van der Waals surface area contributed by atoms with Crippen LogP contribution in [-0.4, -0.2) is 31.1 Å². The first-order chi connectivity index (χ1) is 9.13. The number of hydrogen-bond donors (Lipinski definition) is 0. The molecule has 2 rings (SSSR count). The van der Waals surface area contributed by atoms with Crippen molar-refractivity contribution in [3.8, 4) is 17.0 Å². The van der Waals surface area contributed by atoms with Crippen molar-refractivity contribution in [3.63, 3.8) is 0 Å². The van der Waals surface area contributed by atoms with E-state index in [1.807, 2.05) is 36.4 Å². The van der Waals surface area contributed by atoms with Crippen molar-refractivity contribution in [1.29, 1.82) is 0 Å². The first-order valence-electron chi connectivity index (χ1n) is 6.40. The molecule has 2 aromatic rings. The van der Waals surface area contributed by atoms with Crippen molar-refractivity contribution in [2.24, 2.45) is 0 Å². The van der Waals surface area contributed by atoms with Crippen molar-refractivity contribution >= 4 is 0 Å². The number of pyridine rings is 1. The summed E-state index contributed by atoms with van der Waals surface area (Å²) in [6, 6.07) is 14.4. The zero-order valence-electron chi connectivity index (χ0n) is 11.9. The minimum atomic E-state index is 0.287. The van der Waals surface area contributed by atoms with Crippen molar-refractivity contribution in [3.05, 3.63) is 48.2 Å². The molecule has 1 unspecified atom stereocenters. The summed E-state index contributed by atoms with van der Waals surface area (Å²) >= 11 is 0. The fourth-order valence-corrected chi connectivity index (χ4v) is 1.95. The van der Waals surface area contributed by atoms with Gasteiger partial charge in [-0.3, -0.25) is 4.98 Å². The molecule has 0 aliphatic heterocycles. The lowest BCUT2D eigenvalue weighted by Gasteiger charge is -2.19. The van der Waals surface area contributed by atoms with E-state index in [0.717, 1.165) is 22.7 Å². The van der Waals surface area contributed by atoms with Crippen LogP contribution >= 0.6 is 0 Å². The summed E-state index contributed by atoms with van der Waals surface area (Å²) in [4.78, 5) is 6.90. The Hall–Kier alpha value is -1.87. The van der Waals surface area contributed by atoms with E-state index >= 15 is 0 Å². The van der Waals surface area contributed by atoms with Gasteiger partial charge in [-0.15, -0.1) is 0 Å². The topological polar surface area (TPSA) is 25.4 Å². The van der Waals surface area contributed by atoms with Crippen LogP contribution in [-0.2, 0) is 0 Å². The fourth-order valence-electron chi connectivity index (χ4n) is 1.95. The number of aromatic nitrogens is 1. The average Bonchev–Trinajstić information content (AvgIpc) is 2.46. The Bertz CT molecular complexity index is 552. The highest BCUT2D eigenvalue weighted by molar-refractivity contribution is 5.67. The minimum Gasteiger partial charge on any atom is -0.496 e. The van der Waals surface area contributed by atoms with E-state index in [1.54, 1.807) is 7.11 Å². The van der Waals surface area contributed by atoms with Gasteiger partial charge in [0.2, 0.25) is 0 Å². The van der Waals surface area contributed by atoms with E-state index < -0.39 is 0 Å². The molecule has 1 aromatic heterocycles. The number of ether oxygens (including phenoxy) is 1. The molecule has 0 N–H and O–H groups in total. The van der Waals surface area contributed by atoms with Crippen LogP contribution in [0.4, 0.5) is 0 Å². The lowest BCUT2D eigenvalue weighted by Crippen LogP contribution is -2.17. The number of nitrogens with zero attached hydrogens (tertiary/aromatic N) is 2. The molecule has 0 fully saturated rings. The Kier molecular flexibility index (Phi) is 4.17. The summed E-state index contributed by atoms with van der Waals surface area (Å²) in [6.45, 7) is 2.15. The molecule has 0 saturated heterocycles. The van der Waals surface area contributed by atoms with Gasteiger partial charge in [0.1, 0.15) is 5.75 Å². The summed E-state index contributed by atoms with van der Waals surface area (Å²) < 4.78 is 5.40. The first-order valence-corrected chi connectivity index (χ1v) is 6.40. The lowest BCUT2D eigenvalue weighted by molar-refractivity contribution is 0.315. The second kappa shape index (κ2) is 5.85. The smallest absolute Gasteiger partial charge is 0.128 e. The van der Waals surface area contributed by atoms with Gasteiger partial charge in [-0.25, -0.2) is 0 Å². The van der Waals surface area contributed by atoms with Crippen LogP contribution in [0.1, 0.15) is 18.7 Å². The summed E-state index contributed by atoms with van der Waals surface area (Å²) in [7, 11) is 5.80. The second-order valence-corrected chi connectivity index (χ2v) is 4.79. The summed E-state index contributed by atoms with van der Waals surface area (Å²) in [5.41, 5.74) is 3.04. The molecular formula is C16H20N2O. The molecule has 0 aliphatic rings. The van der Waals surface area contributed by atoms with E-state index in [2.05, 4.69) is 32.0 Å². The van der Waals surface area contributed by atoms with Gasteiger partial charge in [-0.1, -0.05) is 18.2 Å². The first kappa shape index (κ1) is 13.6. The Balaban J connectivity index is 2.43. The highest BCUT2D eigenvalue weighted by Crippen LogP contribution is 2.29. The van der Waals surface area contributed by atoms with Gasteiger partial charge in [0.05, 0.1) is 18.5 Å². The van der Waals surface area contributed by atoms with Gasteiger partial charge in [0.15, 0.2) is 0 Å². The maximum atomic E-state index is 5.40. The molecule has 19 heavy (non-hydrogen) atoms. The Morgan fingerprint density at radius 1 is 1.05 bits per heavy atom. The van der Waals surface area contributed by atoms with Gasteiger partial charge in [0, 0.05) is 11.6 Å². The van der Waals surface area contributed by atoms with Gasteiger partial charge in [-0.05, 0) is 45.3 Å². The lowest BCUT2D eigenvalue weighted by atomic mass is 10.1. The van der Waals surface area contributed by atoms with Crippen LogP contribution < -0.4 is 4.74 Å². The van der Waals surface area contributed by atoms with Crippen molar-refractivity contribution < 1.29 is 4.74 Å². The molecule has 100 valence electrons. The fraction of sp³-hybridized carbons (Fsp3) is 0.312. The predicted molar refractivity (Wildman–Crippen MR) is 78.3 cm³/mol. The van der Waals surface area contributed by atoms with Crippen LogP contribution in [0.3, 0.4) is 0 Å². The molecule has 0 radical (unpaired) electrons. The molecule has 1 atom stereocenters. The zero-order chi connectivity index (χ0) is 13.8. The second-order valence-electron chi connectivity index (χ2n) is 4.79. The standard InChI is InChI=1S/C16H20N2O/c1-12(18(2)3)14-9-7-10-15(17-14)13-8-5-6-11-16(13)19-4/h5-12H,1-4H3. The highest BCUT2D eigenvalue weighted by Gasteiger charge is 2.12. The number of rotatable bonds is 4. The van der Waals surface area contributed by atoms with Crippen molar-refractivity contribution in [2.45, 2.75) is 13.0 Å². The van der Waals surface area contributed by atoms with E-state index in [0.29, 0.717) is 0 Å². The van der Waals surface area contributed by atoms with Crippen LogP contribution in [0.25, 0.3) is 11.3 Å². The molecule has 0 spiro atoms. The SMILES string of the molecule is COc1ccccc1-c1cccc(C(C)N(C)C)n1. The quantitative estimate of drug-likeness (QED) is 0.838. The Labute approximate surface area is 114 Å². The molecule has 3 nitrogen and oxygen atoms in total. The van der Waals surface area contributed by atoms with Gasteiger partial charge in [-0.2, -0.15) is 0 Å². The Morgan fingerprint density at radius 2 is 1.79 bits per heavy atom. The predicted octanol–water partition coefficient (Wildman–Crippen LogP) is 3.38. The summed E-state index contributed by atoms with van der Waals surface area (Å²) in [5, 5.41) is 0. The zero-order valence-corrected chi connectivity index (χ0v) is 11.9. The maximum Gasteiger partial charge on any atom is 0.128 e. The van der Waals surface area contributed by atoms with Crippen LogP contribution in [0.15, 0.2) is 42.5 Å². The van der Waals surface area contributed by atoms with Crippen LogP contribution in [0, 0.1) is 0 Å². The number of para-hydroxylation sites is 1. The Morgan fingerprint density at radius 3 is 2.47 bits per heavy atom. The molecule has 1 heterocycles. The summed E-state index contributed by atoms with van der Waals surface area (Å²) in [5.74, 6) is 0.852. The number of hydrogen-bond acceptors (Lipinski definition) is 3. The third-order valence-electron chi connectivity index (χ3n) is 3.36. The monoisotopic (exact) mass is 256 g/mol. The van der Waals surface area contributed by atoms with Gasteiger partial charge in [0.25, 0.3) is 0 Å². The van der Waals surface area contributed by atoms with Crippen LogP contribution in [0.5, 0.6) is 5.75 Å². The normalized spacial score (nSPS) is 12.5. The van der Waals surface area contributed by atoms with E-state index in [1.165, 1.54) is 0 Å². The average molecular weight is 256 g/mol. The molecule has 1 aromatic carbocycles. The number of methoxy groups -OCH3 is 1. The number of benzene rings is 1. The highest BCUT2D eigenvalue weighted by atomic mass is 16.5. The summed E-state index contributed by atoms with van der Waals surface area (Å²) in [6.07, 6.45) is 0. The minimum absolute atomic E-state index is 0.287. The van der Waals surface area contributed by atoms with E-state index in [4.69, 9.17) is 9.72 Å². The molecule has 0 saturated carbocycles. The third-order valence-corrected chi connectivity index (χ3v) is 3.36. The third kappa shape index (κ3) is 2.93. The van der Waals surface area contributed by atoms with Crippen molar-refractivity contribution in [2.75, 3.05) is 21.2 Å². The van der Waals surface area contributed by atoms with E-state index in [-0.39, 0.29) is 6.04 Å². The maximum absolute atomic E-state index is 5.40. The van der Waals surface area contributed by atoms with Crippen molar-refractivity contribution in [1.82, 2.24) is 9.88 Å². The molecule has 0 aliphatic carbocycles. The molecule has 0 amide bonds. The van der Waals surface area contributed by atoms with E-state index in [9.17, 15) is 0 Å².